The van der Waals surface area contributed by atoms with E-state index in [9.17, 15) is 14.7 Å². The van der Waals surface area contributed by atoms with Gasteiger partial charge in [-0.05, 0) is 72.0 Å². The van der Waals surface area contributed by atoms with Gasteiger partial charge in [-0.2, -0.15) is 0 Å². The Kier molecular flexibility index (Phi) is 6.40. The predicted molar refractivity (Wildman–Crippen MR) is 143 cm³/mol. The van der Waals surface area contributed by atoms with E-state index in [-0.39, 0.29) is 29.2 Å². The molecule has 0 aliphatic carbocycles. The summed E-state index contributed by atoms with van der Waals surface area (Å²) in [5.74, 6) is 1.09. The molecule has 2 N–H and O–H groups in total. The van der Waals surface area contributed by atoms with Crippen LogP contribution in [0.4, 0.5) is 0 Å². The van der Waals surface area contributed by atoms with Crippen LogP contribution < -0.4 is 14.8 Å². The minimum atomic E-state index is -0.382. The largest absolute Gasteiger partial charge is 0.507 e. The Morgan fingerprint density at radius 2 is 1.92 bits per heavy atom. The van der Waals surface area contributed by atoms with E-state index >= 15 is 0 Å². The first-order chi connectivity index (χ1) is 19.0. The fourth-order valence-electron chi connectivity index (χ4n) is 5.15. The number of rotatable bonds is 1. The molecule has 3 aliphatic heterocycles. The van der Waals surface area contributed by atoms with Crippen molar-refractivity contribution in [3.8, 4) is 23.0 Å². The molecule has 3 aromatic carbocycles. The highest BCUT2D eigenvalue weighted by atomic mass is 16.5. The molecule has 1 atom stereocenters. The van der Waals surface area contributed by atoms with Crippen LogP contribution in [0.25, 0.3) is 0 Å². The summed E-state index contributed by atoms with van der Waals surface area (Å²) in [4.78, 5) is 32.5. The van der Waals surface area contributed by atoms with Crippen molar-refractivity contribution in [1.82, 2.24) is 19.8 Å². The number of phenolic OH excluding ortho intramolecular Hbond substituents is 1. The molecular formula is C30H28N4O5. The topological polar surface area (TPSA) is 106 Å². The number of hydrogen-bond donors (Lipinski definition) is 2. The zero-order valence-electron chi connectivity index (χ0n) is 21.5. The molecule has 198 valence electrons. The monoisotopic (exact) mass is 524 g/mol. The number of carbonyl (C=O) groups excluding carboxylic acids is 2. The summed E-state index contributed by atoms with van der Waals surface area (Å²) in [6.45, 7) is 1.27. The van der Waals surface area contributed by atoms with E-state index in [2.05, 4.69) is 10.3 Å². The number of aromatic hydroxyl groups is 1. The number of nitrogens with zero attached hydrogens (tertiary/aromatic N) is 3. The number of amides is 2. The fraction of sp³-hybridized carbons (Fsp3) is 0.233. The van der Waals surface area contributed by atoms with Crippen LogP contribution in [0.15, 0.2) is 73.2 Å². The van der Waals surface area contributed by atoms with Gasteiger partial charge in [0.2, 0.25) is 0 Å². The first kappa shape index (κ1) is 24.5. The quantitative estimate of drug-likeness (QED) is 0.386. The lowest BCUT2D eigenvalue weighted by molar-refractivity contribution is 0.0688. The number of benzene rings is 3. The van der Waals surface area contributed by atoms with E-state index in [1.54, 1.807) is 23.2 Å². The van der Waals surface area contributed by atoms with Gasteiger partial charge in [-0.25, -0.2) is 4.98 Å². The van der Waals surface area contributed by atoms with Crippen molar-refractivity contribution in [2.75, 3.05) is 19.7 Å². The summed E-state index contributed by atoms with van der Waals surface area (Å²) >= 11 is 0. The highest BCUT2D eigenvalue weighted by Gasteiger charge is 2.34. The van der Waals surface area contributed by atoms with Gasteiger partial charge in [-0.15, -0.1) is 0 Å². The van der Waals surface area contributed by atoms with Crippen molar-refractivity contribution in [1.29, 1.82) is 0 Å². The number of aromatic nitrogens is 2. The Morgan fingerprint density at radius 1 is 1.08 bits per heavy atom. The SMILES string of the molecule is Cn1cnc(C(=O)N2CCc3cc4ccc3C2c2cccc(c2)OCCCNC(=O)c2cc(ccc2O)O4)c1. The Labute approximate surface area is 225 Å². The van der Waals surface area contributed by atoms with Crippen molar-refractivity contribution >= 4 is 11.8 Å². The summed E-state index contributed by atoms with van der Waals surface area (Å²) < 4.78 is 13.9. The third-order valence-electron chi connectivity index (χ3n) is 7.03. The smallest absolute Gasteiger partial charge is 0.274 e. The molecule has 2 amide bonds. The van der Waals surface area contributed by atoms with Gasteiger partial charge in [-0.3, -0.25) is 9.59 Å². The van der Waals surface area contributed by atoms with Crippen molar-refractivity contribution in [3.63, 3.8) is 0 Å². The molecule has 7 rings (SSSR count). The Bertz CT molecular complexity index is 1560. The maximum absolute atomic E-state index is 13.6. The van der Waals surface area contributed by atoms with Gasteiger partial charge >= 0.3 is 0 Å². The van der Waals surface area contributed by atoms with Crippen LogP contribution in [0, 0.1) is 0 Å². The lowest BCUT2D eigenvalue weighted by Crippen LogP contribution is -2.40. The number of fused-ring (bicyclic) bond motifs is 6. The molecule has 8 bridgehead atoms. The molecular weight excluding hydrogens is 496 g/mol. The summed E-state index contributed by atoms with van der Waals surface area (Å²) in [5, 5.41) is 13.1. The number of imidazole rings is 1. The van der Waals surface area contributed by atoms with E-state index in [1.807, 2.05) is 54.4 Å². The molecule has 3 aliphatic rings. The van der Waals surface area contributed by atoms with Gasteiger partial charge in [0, 0.05) is 26.3 Å². The zero-order chi connectivity index (χ0) is 26.9. The van der Waals surface area contributed by atoms with Crippen LogP contribution in [0.2, 0.25) is 0 Å². The predicted octanol–water partition coefficient (Wildman–Crippen LogP) is 4.22. The third-order valence-corrected chi connectivity index (χ3v) is 7.03. The lowest BCUT2D eigenvalue weighted by Gasteiger charge is -2.37. The Hall–Kier alpha value is -4.79. The van der Waals surface area contributed by atoms with E-state index in [4.69, 9.17) is 9.47 Å². The summed E-state index contributed by atoms with van der Waals surface area (Å²) in [5.41, 5.74) is 3.54. The number of nitrogens with one attached hydrogen (secondary N) is 1. The van der Waals surface area contributed by atoms with Crippen molar-refractivity contribution < 1.29 is 24.2 Å². The second-order valence-electron chi connectivity index (χ2n) is 9.75. The van der Waals surface area contributed by atoms with Crippen molar-refractivity contribution in [2.24, 2.45) is 7.05 Å². The lowest BCUT2D eigenvalue weighted by atomic mass is 9.87. The van der Waals surface area contributed by atoms with E-state index in [0.29, 0.717) is 55.5 Å². The van der Waals surface area contributed by atoms with Crippen LogP contribution >= 0.6 is 0 Å². The zero-order valence-corrected chi connectivity index (χ0v) is 21.5. The molecule has 0 spiro atoms. The second-order valence-corrected chi connectivity index (χ2v) is 9.75. The summed E-state index contributed by atoms with van der Waals surface area (Å²) in [6.07, 6.45) is 4.58. The van der Waals surface area contributed by atoms with Crippen LogP contribution in [0.5, 0.6) is 23.0 Å². The number of aryl methyl sites for hydroxylation is 1. The first-order valence-electron chi connectivity index (χ1n) is 12.9. The normalized spacial score (nSPS) is 16.9. The van der Waals surface area contributed by atoms with Crippen LogP contribution in [-0.2, 0) is 13.5 Å². The average molecular weight is 525 g/mol. The van der Waals surface area contributed by atoms with Gasteiger partial charge in [0.15, 0.2) is 0 Å². The Balaban J connectivity index is 1.43. The molecule has 1 unspecified atom stereocenters. The van der Waals surface area contributed by atoms with Gasteiger partial charge < -0.3 is 29.4 Å². The van der Waals surface area contributed by atoms with E-state index < -0.39 is 0 Å². The van der Waals surface area contributed by atoms with E-state index in [0.717, 1.165) is 16.7 Å². The molecule has 0 saturated heterocycles. The molecule has 4 heterocycles. The van der Waals surface area contributed by atoms with Gasteiger partial charge in [0.25, 0.3) is 11.8 Å². The standard InChI is InChI=1S/C30H28N4O5/c1-33-17-26(32-18-33)30(37)34-12-10-19-14-22-6-8-24(19)28(34)20-4-2-5-21(15-20)38-13-3-11-31-29(36)25-16-23(39-22)7-9-27(25)35/h2,4-9,14-18,28,35H,3,10-13H2,1H3,(H,31,36). The minimum Gasteiger partial charge on any atom is -0.507 e. The van der Waals surface area contributed by atoms with Crippen molar-refractivity contribution in [2.45, 2.75) is 18.9 Å². The molecule has 39 heavy (non-hydrogen) atoms. The highest BCUT2D eigenvalue weighted by Crippen LogP contribution is 2.39. The Morgan fingerprint density at radius 3 is 2.77 bits per heavy atom. The van der Waals surface area contributed by atoms with Crippen molar-refractivity contribution in [3.05, 3.63) is 101 Å². The minimum absolute atomic E-state index is 0.117. The number of ether oxygens (including phenoxy) is 2. The third kappa shape index (κ3) is 4.90. The molecule has 4 aromatic rings. The number of carbonyl (C=O) groups is 2. The van der Waals surface area contributed by atoms with Crippen LogP contribution in [0.1, 0.15) is 50.0 Å². The molecule has 1 aromatic heterocycles. The van der Waals surface area contributed by atoms with Crippen LogP contribution in [0.3, 0.4) is 0 Å². The maximum atomic E-state index is 13.6. The molecule has 0 saturated carbocycles. The second kappa shape index (κ2) is 10.2. The molecule has 0 radical (unpaired) electrons. The summed E-state index contributed by atoms with van der Waals surface area (Å²) in [7, 11) is 1.84. The number of hydrogen-bond acceptors (Lipinski definition) is 6. The van der Waals surface area contributed by atoms with Gasteiger partial charge in [-0.1, -0.05) is 18.2 Å². The van der Waals surface area contributed by atoms with E-state index in [1.165, 1.54) is 12.1 Å². The number of phenols is 1. The maximum Gasteiger partial charge on any atom is 0.274 e. The average Bonchev–Trinajstić information content (AvgIpc) is 3.38. The highest BCUT2D eigenvalue weighted by molar-refractivity contribution is 5.97. The van der Waals surface area contributed by atoms with Gasteiger partial charge in [0.1, 0.15) is 28.7 Å². The van der Waals surface area contributed by atoms with Gasteiger partial charge in [0.05, 0.1) is 24.5 Å². The first-order valence-corrected chi connectivity index (χ1v) is 12.9. The summed E-state index contributed by atoms with van der Waals surface area (Å²) in [6, 6.07) is 17.9. The molecule has 0 fully saturated rings. The molecule has 9 heteroatoms. The molecule has 9 nitrogen and oxygen atoms in total. The fourth-order valence-corrected chi connectivity index (χ4v) is 5.15. The van der Waals surface area contributed by atoms with Crippen LogP contribution in [-0.4, -0.2) is 51.1 Å².